The highest BCUT2D eigenvalue weighted by molar-refractivity contribution is 5.90. The number of rotatable bonds is 3. The Hall–Kier alpha value is -2.38. The molecule has 3 amide bonds. The van der Waals surface area contributed by atoms with Crippen LogP contribution in [0, 0.1) is 0 Å². The van der Waals surface area contributed by atoms with Crippen LogP contribution in [0.4, 0.5) is 10.6 Å². The first-order valence-electron chi connectivity index (χ1n) is 9.13. The van der Waals surface area contributed by atoms with E-state index in [9.17, 15) is 9.59 Å². The van der Waals surface area contributed by atoms with Crippen molar-refractivity contribution < 1.29 is 9.59 Å². The van der Waals surface area contributed by atoms with Crippen molar-refractivity contribution in [2.45, 2.75) is 50.6 Å². The van der Waals surface area contributed by atoms with E-state index in [0.29, 0.717) is 6.54 Å². The summed E-state index contributed by atoms with van der Waals surface area (Å²) < 4.78 is 0. The Balaban J connectivity index is 1.34. The molecule has 1 unspecified atom stereocenters. The maximum atomic E-state index is 12.2. The number of hydrogen-bond acceptors (Lipinski definition) is 5. The van der Waals surface area contributed by atoms with E-state index in [1.807, 2.05) is 0 Å². The molecule has 1 atom stereocenters. The van der Waals surface area contributed by atoms with Gasteiger partial charge >= 0.3 is 6.03 Å². The van der Waals surface area contributed by atoms with Gasteiger partial charge in [-0.2, -0.15) is 0 Å². The number of carbonyl (C=O) groups is 2. The molecule has 0 radical (unpaired) electrons. The zero-order chi connectivity index (χ0) is 17.2. The first-order chi connectivity index (χ1) is 12.2. The molecule has 134 valence electrons. The first kappa shape index (κ1) is 16.1. The number of piperidine rings is 1. The molecule has 1 aromatic rings. The minimum absolute atomic E-state index is 0.101. The standard InChI is InChI=1S/C17H24N6O2/c24-16(14-9-18-17(25)22-14)21-11-5-7-23(8-6-11)15-12-3-1-2-4-13(12)19-10-20-15/h10-11,14H,1-9H2,(H,21,24)(H2,18,22,25). The number of aromatic nitrogens is 2. The van der Waals surface area contributed by atoms with Crippen molar-refractivity contribution in [1.82, 2.24) is 25.9 Å². The quantitative estimate of drug-likeness (QED) is 0.723. The van der Waals surface area contributed by atoms with Gasteiger partial charge in [-0.1, -0.05) is 0 Å². The molecule has 2 saturated heterocycles. The second-order valence-electron chi connectivity index (χ2n) is 7.01. The highest BCUT2D eigenvalue weighted by Crippen LogP contribution is 2.28. The first-order valence-corrected chi connectivity index (χ1v) is 9.13. The summed E-state index contributed by atoms with van der Waals surface area (Å²) in [5.74, 6) is 0.984. The van der Waals surface area contributed by atoms with Gasteiger partial charge in [0.25, 0.3) is 0 Å². The minimum Gasteiger partial charge on any atom is -0.356 e. The number of urea groups is 1. The fourth-order valence-corrected chi connectivity index (χ4v) is 3.93. The van der Waals surface area contributed by atoms with Crippen molar-refractivity contribution in [3.8, 4) is 0 Å². The molecule has 2 aliphatic heterocycles. The molecule has 2 fully saturated rings. The maximum Gasteiger partial charge on any atom is 0.315 e. The van der Waals surface area contributed by atoms with Crippen LogP contribution in [0.15, 0.2) is 6.33 Å². The third kappa shape index (κ3) is 3.38. The van der Waals surface area contributed by atoms with Crippen molar-refractivity contribution in [1.29, 1.82) is 0 Å². The number of anilines is 1. The van der Waals surface area contributed by atoms with Crippen LogP contribution in [0.5, 0.6) is 0 Å². The highest BCUT2D eigenvalue weighted by Gasteiger charge is 2.30. The molecule has 3 aliphatic rings. The average molecular weight is 344 g/mol. The molecule has 0 bridgehead atoms. The van der Waals surface area contributed by atoms with Crippen LogP contribution in [0.3, 0.4) is 0 Å². The van der Waals surface area contributed by atoms with E-state index in [2.05, 4.69) is 30.8 Å². The van der Waals surface area contributed by atoms with Crippen LogP contribution >= 0.6 is 0 Å². The van der Waals surface area contributed by atoms with E-state index >= 15 is 0 Å². The molecule has 8 nitrogen and oxygen atoms in total. The lowest BCUT2D eigenvalue weighted by atomic mass is 9.95. The van der Waals surface area contributed by atoms with Gasteiger partial charge in [-0.3, -0.25) is 4.79 Å². The minimum atomic E-state index is -0.459. The van der Waals surface area contributed by atoms with Gasteiger partial charge in [-0.15, -0.1) is 0 Å². The predicted octanol–water partition coefficient (Wildman–Crippen LogP) is 0.122. The van der Waals surface area contributed by atoms with Crippen molar-refractivity contribution in [3.05, 3.63) is 17.6 Å². The van der Waals surface area contributed by atoms with Crippen LogP contribution in [-0.2, 0) is 17.6 Å². The number of nitrogens with one attached hydrogen (secondary N) is 3. The smallest absolute Gasteiger partial charge is 0.315 e. The molecule has 4 rings (SSSR count). The zero-order valence-electron chi connectivity index (χ0n) is 14.3. The highest BCUT2D eigenvalue weighted by atomic mass is 16.2. The molecule has 8 heteroatoms. The number of carbonyl (C=O) groups excluding carboxylic acids is 2. The molecule has 25 heavy (non-hydrogen) atoms. The van der Waals surface area contributed by atoms with Crippen molar-refractivity contribution in [2.75, 3.05) is 24.5 Å². The lowest BCUT2D eigenvalue weighted by Gasteiger charge is -2.35. The van der Waals surface area contributed by atoms with Crippen molar-refractivity contribution >= 4 is 17.8 Å². The summed E-state index contributed by atoms with van der Waals surface area (Å²) in [6, 6.07) is -0.582. The summed E-state index contributed by atoms with van der Waals surface area (Å²) in [6.07, 6.45) is 8.00. The van der Waals surface area contributed by atoms with E-state index in [4.69, 9.17) is 0 Å². The van der Waals surface area contributed by atoms with Crippen LogP contribution in [0.1, 0.15) is 36.9 Å². The Morgan fingerprint density at radius 2 is 2.00 bits per heavy atom. The van der Waals surface area contributed by atoms with Gasteiger partial charge in [-0.05, 0) is 38.5 Å². The lowest BCUT2D eigenvalue weighted by molar-refractivity contribution is -0.123. The van der Waals surface area contributed by atoms with Gasteiger partial charge in [0.2, 0.25) is 5.91 Å². The Kier molecular flexibility index (Phi) is 4.42. The predicted molar refractivity (Wildman–Crippen MR) is 92.4 cm³/mol. The van der Waals surface area contributed by atoms with E-state index in [1.54, 1.807) is 6.33 Å². The maximum absolute atomic E-state index is 12.2. The molecular formula is C17H24N6O2. The second-order valence-corrected chi connectivity index (χ2v) is 7.01. The fourth-order valence-electron chi connectivity index (χ4n) is 3.93. The van der Waals surface area contributed by atoms with Crippen LogP contribution < -0.4 is 20.9 Å². The van der Waals surface area contributed by atoms with Gasteiger partial charge in [0.15, 0.2) is 0 Å². The van der Waals surface area contributed by atoms with Gasteiger partial charge in [0, 0.05) is 36.9 Å². The molecule has 0 spiro atoms. The largest absolute Gasteiger partial charge is 0.356 e. The van der Waals surface area contributed by atoms with E-state index < -0.39 is 6.04 Å². The molecule has 1 aliphatic carbocycles. The summed E-state index contributed by atoms with van der Waals surface area (Å²) in [5.41, 5.74) is 2.52. The van der Waals surface area contributed by atoms with Gasteiger partial charge in [0.1, 0.15) is 18.2 Å². The SMILES string of the molecule is O=C1NCC(C(=O)NC2CCN(c3ncnc4c3CCCC4)CC2)N1. The third-order valence-electron chi connectivity index (χ3n) is 5.33. The van der Waals surface area contributed by atoms with Crippen molar-refractivity contribution in [3.63, 3.8) is 0 Å². The molecule has 1 aromatic heterocycles. The summed E-state index contributed by atoms with van der Waals surface area (Å²) >= 11 is 0. The third-order valence-corrected chi connectivity index (χ3v) is 5.33. The average Bonchev–Trinajstić information content (AvgIpc) is 3.08. The van der Waals surface area contributed by atoms with E-state index in [1.165, 1.54) is 24.1 Å². The fraction of sp³-hybridized carbons (Fsp3) is 0.647. The summed E-state index contributed by atoms with van der Waals surface area (Å²) in [7, 11) is 0. The van der Waals surface area contributed by atoms with Crippen LogP contribution in [0.2, 0.25) is 0 Å². The summed E-state index contributed by atoms with van der Waals surface area (Å²) in [4.78, 5) is 34.7. The monoisotopic (exact) mass is 344 g/mol. The summed E-state index contributed by atoms with van der Waals surface area (Å²) in [5, 5.41) is 8.30. The van der Waals surface area contributed by atoms with Crippen LogP contribution in [0.25, 0.3) is 0 Å². The summed E-state index contributed by atoms with van der Waals surface area (Å²) in [6.45, 7) is 2.12. The Morgan fingerprint density at radius 3 is 2.76 bits per heavy atom. The van der Waals surface area contributed by atoms with Gasteiger partial charge < -0.3 is 20.9 Å². The molecule has 0 saturated carbocycles. The van der Waals surface area contributed by atoms with Crippen molar-refractivity contribution in [2.24, 2.45) is 0 Å². The van der Waals surface area contributed by atoms with E-state index in [0.717, 1.165) is 44.6 Å². The van der Waals surface area contributed by atoms with Gasteiger partial charge in [-0.25, -0.2) is 14.8 Å². The Labute approximate surface area is 146 Å². The second kappa shape index (κ2) is 6.85. The molecule has 0 aromatic carbocycles. The topological polar surface area (TPSA) is 99.3 Å². The molecule has 3 N–H and O–H groups in total. The van der Waals surface area contributed by atoms with Gasteiger partial charge in [0.05, 0.1) is 0 Å². The zero-order valence-corrected chi connectivity index (χ0v) is 14.3. The van der Waals surface area contributed by atoms with E-state index in [-0.39, 0.29) is 18.0 Å². The number of nitrogens with zero attached hydrogens (tertiary/aromatic N) is 3. The molecule has 3 heterocycles. The van der Waals surface area contributed by atoms with Crippen LogP contribution in [-0.4, -0.2) is 53.6 Å². The number of hydrogen-bond donors (Lipinski definition) is 3. The molecular weight excluding hydrogens is 320 g/mol. The number of fused-ring (bicyclic) bond motifs is 1. The number of aryl methyl sites for hydroxylation is 1. The normalized spacial score (nSPS) is 23.6. The lowest BCUT2D eigenvalue weighted by Crippen LogP contribution is -2.50. The Bertz CT molecular complexity index is 671. The number of amides is 3. The Morgan fingerprint density at radius 1 is 1.20 bits per heavy atom.